The molecule has 2 aromatic rings. The molecule has 1 unspecified atom stereocenters. The van der Waals surface area contributed by atoms with Crippen LogP contribution in [0, 0.1) is 0 Å². The second kappa shape index (κ2) is 8.32. The molecule has 0 radical (unpaired) electrons. The minimum absolute atomic E-state index is 0.368. The predicted octanol–water partition coefficient (Wildman–Crippen LogP) is 3.81. The summed E-state index contributed by atoms with van der Waals surface area (Å²) in [6.45, 7) is 0.686. The van der Waals surface area contributed by atoms with E-state index in [0.29, 0.717) is 12.6 Å². The summed E-state index contributed by atoms with van der Waals surface area (Å²) < 4.78 is 11.1. The van der Waals surface area contributed by atoms with Crippen LogP contribution in [0.4, 0.5) is 0 Å². The monoisotopic (exact) mass is 285 g/mol. The average Bonchev–Trinajstić information content (AvgIpc) is 2.56. The van der Waals surface area contributed by atoms with Gasteiger partial charge in [0.25, 0.3) is 0 Å². The molecule has 0 bridgehead atoms. The quantitative estimate of drug-likeness (QED) is 0.748. The van der Waals surface area contributed by atoms with Gasteiger partial charge in [0, 0.05) is 6.04 Å². The van der Waals surface area contributed by atoms with Crippen LogP contribution >= 0.6 is 0 Å². The third-order valence-corrected chi connectivity index (χ3v) is 3.51. The molecule has 0 saturated carbocycles. The highest BCUT2D eigenvalue weighted by Crippen LogP contribution is 2.26. The fourth-order valence-corrected chi connectivity index (χ4v) is 2.37. The van der Waals surface area contributed by atoms with Crippen molar-refractivity contribution in [2.24, 2.45) is 0 Å². The number of benzene rings is 2. The molecule has 112 valence electrons. The van der Waals surface area contributed by atoms with Gasteiger partial charge in [-0.05, 0) is 37.6 Å². The van der Waals surface area contributed by atoms with Gasteiger partial charge in [-0.15, -0.1) is 0 Å². The Morgan fingerprint density at radius 3 is 2.29 bits per heavy atom. The molecule has 0 aliphatic heterocycles. The minimum atomic E-state index is 0.368. The van der Waals surface area contributed by atoms with Gasteiger partial charge in [0.15, 0.2) is 11.5 Å². The molecular weight excluding hydrogens is 262 g/mol. The van der Waals surface area contributed by atoms with E-state index < -0.39 is 0 Å². The molecule has 0 aliphatic rings. The molecule has 0 aliphatic carbocycles. The van der Waals surface area contributed by atoms with E-state index >= 15 is 0 Å². The van der Waals surface area contributed by atoms with Gasteiger partial charge < -0.3 is 14.8 Å². The van der Waals surface area contributed by atoms with Gasteiger partial charge in [0.2, 0.25) is 0 Å². The van der Waals surface area contributed by atoms with Crippen LogP contribution in [-0.4, -0.2) is 20.8 Å². The van der Waals surface area contributed by atoms with Gasteiger partial charge >= 0.3 is 0 Å². The molecule has 0 spiro atoms. The first-order valence-corrected chi connectivity index (χ1v) is 7.33. The Morgan fingerprint density at radius 2 is 1.62 bits per heavy atom. The summed E-state index contributed by atoms with van der Waals surface area (Å²) >= 11 is 0. The van der Waals surface area contributed by atoms with Crippen molar-refractivity contribution in [2.45, 2.75) is 18.9 Å². The summed E-state index contributed by atoms with van der Waals surface area (Å²) in [5.41, 5.74) is 1.32. The van der Waals surface area contributed by atoms with Crippen molar-refractivity contribution in [3.63, 3.8) is 0 Å². The van der Waals surface area contributed by atoms with Crippen molar-refractivity contribution in [3.8, 4) is 11.5 Å². The van der Waals surface area contributed by atoms with E-state index in [4.69, 9.17) is 9.47 Å². The normalized spacial score (nSPS) is 11.9. The van der Waals surface area contributed by atoms with Crippen LogP contribution in [0.5, 0.6) is 11.5 Å². The van der Waals surface area contributed by atoms with E-state index in [1.54, 1.807) is 7.11 Å². The Bertz CT molecular complexity index is 528. The number of nitrogens with one attached hydrogen (secondary N) is 1. The van der Waals surface area contributed by atoms with Crippen molar-refractivity contribution in [1.82, 2.24) is 5.32 Å². The summed E-state index contributed by atoms with van der Waals surface area (Å²) in [6.07, 6.45) is 2.02. The first-order chi connectivity index (χ1) is 10.3. The van der Waals surface area contributed by atoms with Crippen LogP contribution in [0.25, 0.3) is 0 Å². The Balaban J connectivity index is 1.81. The smallest absolute Gasteiger partial charge is 0.161 e. The summed E-state index contributed by atoms with van der Waals surface area (Å²) in [5, 5.41) is 3.36. The largest absolute Gasteiger partial charge is 0.493 e. The average molecular weight is 285 g/mol. The van der Waals surface area contributed by atoms with Crippen LogP contribution < -0.4 is 14.8 Å². The molecule has 3 nitrogen and oxygen atoms in total. The highest BCUT2D eigenvalue weighted by Gasteiger charge is 2.08. The number of hydrogen-bond acceptors (Lipinski definition) is 3. The second-order valence-corrected chi connectivity index (χ2v) is 4.89. The Morgan fingerprint density at radius 1 is 0.952 bits per heavy atom. The second-order valence-electron chi connectivity index (χ2n) is 4.89. The van der Waals surface area contributed by atoms with E-state index in [9.17, 15) is 0 Å². The Labute approximate surface area is 126 Å². The van der Waals surface area contributed by atoms with E-state index in [0.717, 1.165) is 24.3 Å². The summed E-state index contributed by atoms with van der Waals surface area (Å²) in [5.74, 6) is 1.59. The molecule has 2 aromatic carbocycles. The first kappa shape index (κ1) is 15.4. The third kappa shape index (κ3) is 4.50. The molecule has 0 amide bonds. The SMILES string of the molecule is CNC(CCCOc1ccccc1OC)c1ccccc1. The number of rotatable bonds is 8. The minimum Gasteiger partial charge on any atom is -0.493 e. The van der Waals surface area contributed by atoms with Crippen LogP contribution in [-0.2, 0) is 0 Å². The molecular formula is C18H23NO2. The summed E-state index contributed by atoms with van der Waals surface area (Å²) in [4.78, 5) is 0. The zero-order valence-electron chi connectivity index (χ0n) is 12.7. The van der Waals surface area contributed by atoms with Crippen molar-refractivity contribution in [3.05, 3.63) is 60.2 Å². The maximum absolute atomic E-state index is 5.81. The van der Waals surface area contributed by atoms with Gasteiger partial charge in [0.1, 0.15) is 0 Å². The molecule has 0 heterocycles. The predicted molar refractivity (Wildman–Crippen MR) is 86.0 cm³/mol. The van der Waals surface area contributed by atoms with Crippen molar-refractivity contribution >= 4 is 0 Å². The lowest BCUT2D eigenvalue weighted by Gasteiger charge is -2.17. The van der Waals surface area contributed by atoms with Gasteiger partial charge in [-0.25, -0.2) is 0 Å². The number of para-hydroxylation sites is 2. The lowest BCUT2D eigenvalue weighted by molar-refractivity contribution is 0.280. The third-order valence-electron chi connectivity index (χ3n) is 3.51. The molecule has 0 saturated heterocycles. The molecule has 2 rings (SSSR count). The maximum Gasteiger partial charge on any atom is 0.161 e. The highest BCUT2D eigenvalue weighted by atomic mass is 16.5. The number of hydrogen-bond donors (Lipinski definition) is 1. The number of methoxy groups -OCH3 is 1. The standard InChI is InChI=1S/C18H23NO2/c1-19-16(15-9-4-3-5-10-15)11-8-14-21-18-13-7-6-12-17(18)20-2/h3-7,9-10,12-13,16,19H,8,11,14H2,1-2H3. The van der Waals surface area contributed by atoms with Crippen LogP contribution in [0.2, 0.25) is 0 Å². The maximum atomic E-state index is 5.81. The molecule has 21 heavy (non-hydrogen) atoms. The van der Waals surface area contributed by atoms with E-state index in [2.05, 4.69) is 29.6 Å². The fraction of sp³-hybridized carbons (Fsp3) is 0.333. The van der Waals surface area contributed by atoms with Gasteiger partial charge in [0.05, 0.1) is 13.7 Å². The molecule has 1 atom stereocenters. The fourth-order valence-electron chi connectivity index (χ4n) is 2.37. The van der Waals surface area contributed by atoms with E-state index in [1.165, 1.54) is 5.56 Å². The zero-order valence-corrected chi connectivity index (χ0v) is 12.7. The van der Waals surface area contributed by atoms with Crippen LogP contribution in [0.15, 0.2) is 54.6 Å². The van der Waals surface area contributed by atoms with Crippen molar-refractivity contribution in [2.75, 3.05) is 20.8 Å². The van der Waals surface area contributed by atoms with Gasteiger partial charge in [-0.3, -0.25) is 0 Å². The molecule has 1 N–H and O–H groups in total. The molecule has 0 fully saturated rings. The topological polar surface area (TPSA) is 30.5 Å². The molecule has 3 heteroatoms. The van der Waals surface area contributed by atoms with E-state index in [1.807, 2.05) is 37.4 Å². The van der Waals surface area contributed by atoms with Crippen molar-refractivity contribution < 1.29 is 9.47 Å². The number of ether oxygens (including phenoxy) is 2. The highest BCUT2D eigenvalue weighted by molar-refractivity contribution is 5.39. The summed E-state index contributed by atoms with van der Waals surface area (Å²) in [6, 6.07) is 18.6. The van der Waals surface area contributed by atoms with Crippen LogP contribution in [0.3, 0.4) is 0 Å². The lowest BCUT2D eigenvalue weighted by atomic mass is 10.0. The molecule has 0 aromatic heterocycles. The Hall–Kier alpha value is -2.00. The van der Waals surface area contributed by atoms with Gasteiger partial charge in [-0.2, -0.15) is 0 Å². The summed E-state index contributed by atoms with van der Waals surface area (Å²) in [7, 11) is 3.66. The van der Waals surface area contributed by atoms with Crippen molar-refractivity contribution in [1.29, 1.82) is 0 Å². The van der Waals surface area contributed by atoms with Gasteiger partial charge in [-0.1, -0.05) is 42.5 Å². The first-order valence-electron chi connectivity index (χ1n) is 7.33. The van der Waals surface area contributed by atoms with Crippen LogP contribution in [0.1, 0.15) is 24.4 Å². The Kier molecular flexibility index (Phi) is 6.10. The zero-order chi connectivity index (χ0) is 14.9. The van der Waals surface area contributed by atoms with E-state index in [-0.39, 0.29) is 0 Å². The lowest BCUT2D eigenvalue weighted by Crippen LogP contribution is -2.17.